The molecule has 0 saturated heterocycles. The van der Waals surface area contributed by atoms with Crippen molar-refractivity contribution in [1.29, 1.82) is 0 Å². The molecule has 0 saturated carbocycles. The highest BCUT2D eigenvalue weighted by atomic mass is 16.6. The van der Waals surface area contributed by atoms with E-state index < -0.39 is 28.4 Å². The van der Waals surface area contributed by atoms with Crippen molar-refractivity contribution < 1.29 is 24.4 Å². The maximum absolute atomic E-state index is 11.9. The normalized spacial score (nSPS) is 12.5. The minimum absolute atomic E-state index is 0.112. The number of carbonyl (C=O) groups is 2. The molecule has 0 fully saturated rings. The van der Waals surface area contributed by atoms with Gasteiger partial charge in [0, 0.05) is 12.1 Å². The Labute approximate surface area is 121 Å². The first-order valence-corrected chi connectivity index (χ1v) is 6.39. The molecule has 0 amide bonds. The third-order valence-electron chi connectivity index (χ3n) is 3.12. The van der Waals surface area contributed by atoms with Crippen LogP contribution in [0.2, 0.25) is 0 Å². The highest BCUT2D eigenvalue weighted by molar-refractivity contribution is 5.98. The van der Waals surface area contributed by atoms with Crippen molar-refractivity contribution in [3.63, 3.8) is 0 Å². The maximum atomic E-state index is 11.9. The van der Waals surface area contributed by atoms with E-state index in [1.807, 2.05) is 0 Å². The van der Waals surface area contributed by atoms with Crippen LogP contribution in [0.15, 0.2) is 24.3 Å². The Bertz CT molecular complexity index is 566. The van der Waals surface area contributed by atoms with Gasteiger partial charge < -0.3 is 9.84 Å². The van der Waals surface area contributed by atoms with Crippen LogP contribution < -0.4 is 0 Å². The number of rotatable bonds is 6. The molecular formula is C14H17NO6. The molecule has 0 bridgehead atoms. The van der Waals surface area contributed by atoms with Gasteiger partial charge in [0.15, 0.2) is 5.41 Å². The quantitative estimate of drug-likeness (QED) is 0.374. The number of nitro benzene ring substituents is 1. The van der Waals surface area contributed by atoms with Gasteiger partial charge in [-0.1, -0.05) is 19.1 Å². The van der Waals surface area contributed by atoms with E-state index in [1.54, 1.807) is 13.0 Å². The van der Waals surface area contributed by atoms with Gasteiger partial charge in [-0.3, -0.25) is 19.7 Å². The summed E-state index contributed by atoms with van der Waals surface area (Å²) in [5, 5.41) is 19.7. The van der Waals surface area contributed by atoms with Crippen molar-refractivity contribution in [2.45, 2.75) is 33.3 Å². The lowest BCUT2D eigenvalue weighted by atomic mass is 9.94. The average Bonchev–Trinajstić information content (AvgIpc) is 2.44. The average molecular weight is 295 g/mol. The molecule has 7 heteroatoms. The summed E-state index contributed by atoms with van der Waals surface area (Å²) < 4.78 is 5.20. The number of carboxylic acid groups (broad SMARTS) is 1. The molecule has 0 aliphatic carbocycles. The summed E-state index contributed by atoms with van der Waals surface area (Å²) in [7, 11) is 0. The molecule has 0 aromatic heterocycles. The van der Waals surface area contributed by atoms with Crippen LogP contribution in [-0.2, 0) is 14.3 Å². The van der Waals surface area contributed by atoms with E-state index in [0.717, 1.165) is 0 Å². The summed E-state index contributed by atoms with van der Waals surface area (Å²) in [4.78, 5) is 33.2. The number of esters is 1. The van der Waals surface area contributed by atoms with Gasteiger partial charge in [-0.05, 0) is 25.8 Å². The Kier molecular flexibility index (Phi) is 5.02. The van der Waals surface area contributed by atoms with Crippen LogP contribution >= 0.6 is 0 Å². The maximum Gasteiger partial charge on any atom is 0.323 e. The second-order valence-corrected chi connectivity index (χ2v) is 5.08. The van der Waals surface area contributed by atoms with E-state index in [2.05, 4.69) is 0 Å². The molecular weight excluding hydrogens is 278 g/mol. The fourth-order valence-corrected chi connectivity index (χ4v) is 1.59. The van der Waals surface area contributed by atoms with Crippen LogP contribution in [-0.4, -0.2) is 22.0 Å². The van der Waals surface area contributed by atoms with E-state index >= 15 is 0 Å². The van der Waals surface area contributed by atoms with Crippen LogP contribution in [0.1, 0.15) is 38.9 Å². The Hall–Kier alpha value is -2.44. The Morgan fingerprint density at radius 1 is 1.43 bits per heavy atom. The van der Waals surface area contributed by atoms with Crippen molar-refractivity contribution in [3.05, 3.63) is 39.9 Å². The molecule has 1 N–H and O–H groups in total. The van der Waals surface area contributed by atoms with Crippen LogP contribution in [0.3, 0.4) is 0 Å². The predicted octanol–water partition coefficient (Wildman–Crippen LogP) is 2.70. The molecule has 0 unspecified atom stereocenters. The summed E-state index contributed by atoms with van der Waals surface area (Å²) in [5.74, 6) is -2.17. The molecule has 0 radical (unpaired) electrons. The van der Waals surface area contributed by atoms with Crippen LogP contribution in [0.25, 0.3) is 0 Å². The van der Waals surface area contributed by atoms with Gasteiger partial charge in [-0.25, -0.2) is 0 Å². The molecule has 1 rings (SSSR count). The zero-order chi connectivity index (χ0) is 16.2. The molecule has 0 heterocycles. The number of carboxylic acids is 1. The van der Waals surface area contributed by atoms with Gasteiger partial charge in [0.05, 0.1) is 4.92 Å². The van der Waals surface area contributed by atoms with Crippen molar-refractivity contribution in [1.82, 2.24) is 0 Å². The smallest absolute Gasteiger partial charge is 0.323 e. The lowest BCUT2D eigenvalue weighted by molar-refractivity contribution is -0.385. The molecule has 21 heavy (non-hydrogen) atoms. The number of carbonyl (C=O) groups excluding carboxylic acids is 1. The summed E-state index contributed by atoms with van der Waals surface area (Å²) >= 11 is 0. The summed E-state index contributed by atoms with van der Waals surface area (Å²) in [6, 6.07) is 5.74. The first kappa shape index (κ1) is 16.6. The standard InChI is InChI=1S/C14H17NO6/c1-4-11(21-13(18)14(2,3)12(16)17)9-6-5-7-10(8-9)15(19)20/h5-8,11H,4H2,1-3H3,(H,16,17)/t11-/m0/s1. The molecule has 0 spiro atoms. The van der Waals surface area contributed by atoms with Gasteiger partial charge >= 0.3 is 11.9 Å². The Morgan fingerprint density at radius 3 is 2.52 bits per heavy atom. The van der Waals surface area contributed by atoms with Crippen molar-refractivity contribution >= 4 is 17.6 Å². The number of benzene rings is 1. The Morgan fingerprint density at radius 2 is 2.05 bits per heavy atom. The first-order valence-electron chi connectivity index (χ1n) is 6.39. The highest BCUT2D eigenvalue weighted by Crippen LogP contribution is 2.28. The first-order chi connectivity index (χ1) is 9.70. The molecule has 1 aromatic rings. The summed E-state index contributed by atoms with van der Waals surface area (Å²) in [5.41, 5.74) is -1.32. The number of nitrogens with zero attached hydrogens (tertiary/aromatic N) is 1. The van der Waals surface area contributed by atoms with Gasteiger partial charge in [0.1, 0.15) is 6.10 Å². The number of aliphatic carboxylic acids is 1. The molecule has 1 atom stereocenters. The third-order valence-corrected chi connectivity index (χ3v) is 3.12. The molecule has 7 nitrogen and oxygen atoms in total. The molecule has 114 valence electrons. The highest BCUT2D eigenvalue weighted by Gasteiger charge is 2.39. The van der Waals surface area contributed by atoms with Crippen molar-refractivity contribution in [3.8, 4) is 0 Å². The van der Waals surface area contributed by atoms with E-state index in [9.17, 15) is 19.7 Å². The second kappa shape index (κ2) is 6.34. The largest absolute Gasteiger partial charge is 0.480 e. The van der Waals surface area contributed by atoms with E-state index in [0.29, 0.717) is 12.0 Å². The van der Waals surface area contributed by atoms with Gasteiger partial charge in [0.2, 0.25) is 0 Å². The minimum Gasteiger partial charge on any atom is -0.480 e. The van der Waals surface area contributed by atoms with Crippen molar-refractivity contribution in [2.24, 2.45) is 5.41 Å². The van der Waals surface area contributed by atoms with Crippen LogP contribution in [0, 0.1) is 15.5 Å². The molecule has 0 aliphatic rings. The predicted molar refractivity (Wildman–Crippen MR) is 73.6 cm³/mol. The fraction of sp³-hybridized carbons (Fsp3) is 0.429. The van der Waals surface area contributed by atoms with Crippen molar-refractivity contribution in [2.75, 3.05) is 0 Å². The second-order valence-electron chi connectivity index (χ2n) is 5.08. The number of hydrogen-bond donors (Lipinski definition) is 1. The number of nitro groups is 1. The zero-order valence-corrected chi connectivity index (χ0v) is 12.0. The lowest BCUT2D eigenvalue weighted by Crippen LogP contribution is -2.35. The molecule has 0 aliphatic heterocycles. The van der Waals surface area contributed by atoms with Crippen LogP contribution in [0.5, 0.6) is 0 Å². The third kappa shape index (κ3) is 3.77. The lowest BCUT2D eigenvalue weighted by Gasteiger charge is -2.22. The molecule has 1 aromatic carbocycles. The number of hydrogen-bond acceptors (Lipinski definition) is 5. The zero-order valence-electron chi connectivity index (χ0n) is 12.0. The summed E-state index contributed by atoms with van der Waals surface area (Å²) in [6.45, 7) is 4.24. The summed E-state index contributed by atoms with van der Waals surface area (Å²) in [6.07, 6.45) is -0.348. The monoisotopic (exact) mass is 295 g/mol. The topological polar surface area (TPSA) is 107 Å². The Balaban J connectivity index is 2.99. The fourth-order valence-electron chi connectivity index (χ4n) is 1.59. The van der Waals surface area contributed by atoms with Gasteiger partial charge in [-0.15, -0.1) is 0 Å². The number of non-ortho nitro benzene ring substituents is 1. The number of ether oxygens (including phenoxy) is 1. The SMILES string of the molecule is CC[C@H](OC(=O)C(C)(C)C(=O)O)c1cccc([N+](=O)[O-])c1. The van der Waals surface area contributed by atoms with Crippen LogP contribution in [0.4, 0.5) is 5.69 Å². The van der Waals surface area contributed by atoms with E-state index in [4.69, 9.17) is 9.84 Å². The van der Waals surface area contributed by atoms with E-state index in [1.165, 1.54) is 32.0 Å². The minimum atomic E-state index is -1.67. The van der Waals surface area contributed by atoms with Gasteiger partial charge in [-0.2, -0.15) is 0 Å². The van der Waals surface area contributed by atoms with E-state index in [-0.39, 0.29) is 5.69 Å². The van der Waals surface area contributed by atoms with Gasteiger partial charge in [0.25, 0.3) is 5.69 Å².